The zero-order valence-corrected chi connectivity index (χ0v) is 10.5. The number of rotatable bonds is 4. The lowest BCUT2D eigenvalue weighted by molar-refractivity contribution is 0.0694. The van der Waals surface area contributed by atoms with Gasteiger partial charge in [0.2, 0.25) is 0 Å². The minimum absolute atomic E-state index is 0.0125. The monoisotopic (exact) mass is 272 g/mol. The SMILES string of the molecule is O=C(O)c1cccc2ccc(CC3CO3)c(C(=O)O)c12. The van der Waals surface area contributed by atoms with Crippen molar-refractivity contribution in [2.75, 3.05) is 6.61 Å². The number of ether oxygens (including phenoxy) is 1. The molecule has 0 aromatic heterocycles. The van der Waals surface area contributed by atoms with Gasteiger partial charge in [-0.25, -0.2) is 9.59 Å². The fraction of sp³-hybridized carbons (Fsp3) is 0.200. The molecule has 0 saturated carbocycles. The number of carboxylic acids is 2. The second-order valence-corrected chi connectivity index (χ2v) is 4.77. The van der Waals surface area contributed by atoms with Crippen molar-refractivity contribution in [1.82, 2.24) is 0 Å². The van der Waals surface area contributed by atoms with Crippen LogP contribution in [-0.2, 0) is 11.2 Å². The van der Waals surface area contributed by atoms with Gasteiger partial charge in [0.15, 0.2) is 0 Å². The van der Waals surface area contributed by atoms with Crippen molar-refractivity contribution in [3.05, 3.63) is 47.0 Å². The van der Waals surface area contributed by atoms with E-state index in [1.54, 1.807) is 24.3 Å². The molecule has 2 aromatic carbocycles. The Morgan fingerprint density at radius 2 is 1.90 bits per heavy atom. The molecule has 1 unspecified atom stereocenters. The highest BCUT2D eigenvalue weighted by Gasteiger charge is 2.27. The van der Waals surface area contributed by atoms with Crippen molar-refractivity contribution >= 4 is 22.7 Å². The minimum Gasteiger partial charge on any atom is -0.478 e. The fourth-order valence-electron chi connectivity index (χ4n) is 2.45. The summed E-state index contributed by atoms with van der Waals surface area (Å²) in [7, 11) is 0. The van der Waals surface area contributed by atoms with Crippen LogP contribution in [0.15, 0.2) is 30.3 Å². The van der Waals surface area contributed by atoms with Gasteiger partial charge in [0, 0.05) is 11.8 Å². The average Bonchev–Trinajstić information content (AvgIpc) is 3.21. The zero-order chi connectivity index (χ0) is 14.3. The van der Waals surface area contributed by atoms with Crippen LogP contribution in [0.2, 0.25) is 0 Å². The number of benzene rings is 2. The normalized spacial score (nSPS) is 17.1. The van der Waals surface area contributed by atoms with E-state index in [0.29, 0.717) is 24.0 Å². The molecule has 20 heavy (non-hydrogen) atoms. The van der Waals surface area contributed by atoms with Crippen LogP contribution in [0.3, 0.4) is 0 Å². The number of aromatic carboxylic acids is 2. The molecule has 2 N–H and O–H groups in total. The summed E-state index contributed by atoms with van der Waals surface area (Å²) in [4.78, 5) is 22.9. The van der Waals surface area contributed by atoms with Crippen LogP contribution in [0.4, 0.5) is 0 Å². The number of carboxylic acid groups (broad SMARTS) is 2. The Morgan fingerprint density at radius 1 is 1.15 bits per heavy atom. The summed E-state index contributed by atoms with van der Waals surface area (Å²) in [6, 6.07) is 8.24. The fourth-order valence-corrected chi connectivity index (χ4v) is 2.45. The molecule has 5 heteroatoms. The van der Waals surface area contributed by atoms with Crippen LogP contribution in [0.1, 0.15) is 26.3 Å². The molecule has 0 radical (unpaired) electrons. The molecule has 1 heterocycles. The van der Waals surface area contributed by atoms with Crippen molar-refractivity contribution in [2.45, 2.75) is 12.5 Å². The molecule has 5 nitrogen and oxygen atoms in total. The molecule has 2 aromatic rings. The second kappa shape index (κ2) is 4.61. The van der Waals surface area contributed by atoms with Crippen LogP contribution in [0.25, 0.3) is 10.8 Å². The van der Waals surface area contributed by atoms with Crippen LogP contribution < -0.4 is 0 Å². The van der Waals surface area contributed by atoms with Gasteiger partial charge in [-0.1, -0.05) is 24.3 Å². The van der Waals surface area contributed by atoms with Crippen molar-refractivity contribution in [3.8, 4) is 0 Å². The predicted octanol–water partition coefficient (Wildman–Crippen LogP) is 2.18. The standard InChI is InChI=1S/C15H12O5/c16-14(17)11-3-1-2-8-4-5-9(6-10-7-20-10)13(12(8)11)15(18)19/h1-5,10H,6-7H2,(H,16,17)(H,18,19). The third-order valence-corrected chi connectivity index (χ3v) is 3.43. The molecule has 3 rings (SSSR count). The summed E-state index contributed by atoms with van der Waals surface area (Å²) in [5, 5.41) is 19.6. The van der Waals surface area contributed by atoms with Crippen LogP contribution in [0, 0.1) is 0 Å². The summed E-state index contributed by atoms with van der Waals surface area (Å²) in [5.74, 6) is -2.24. The molecule has 1 saturated heterocycles. The molecule has 1 fully saturated rings. The van der Waals surface area contributed by atoms with Gasteiger partial charge in [-0.2, -0.15) is 0 Å². The number of hydrogen-bond acceptors (Lipinski definition) is 3. The third-order valence-electron chi connectivity index (χ3n) is 3.43. The van der Waals surface area contributed by atoms with Gasteiger partial charge >= 0.3 is 11.9 Å². The van der Waals surface area contributed by atoms with E-state index in [2.05, 4.69) is 0 Å². The van der Waals surface area contributed by atoms with Crippen LogP contribution >= 0.6 is 0 Å². The smallest absolute Gasteiger partial charge is 0.336 e. The molecule has 102 valence electrons. The van der Waals surface area contributed by atoms with Crippen LogP contribution in [0.5, 0.6) is 0 Å². The molecule has 0 bridgehead atoms. The molecular weight excluding hydrogens is 260 g/mol. The summed E-state index contributed by atoms with van der Waals surface area (Å²) in [5.41, 5.74) is 0.690. The highest BCUT2D eigenvalue weighted by Crippen LogP contribution is 2.29. The van der Waals surface area contributed by atoms with E-state index in [-0.39, 0.29) is 22.6 Å². The van der Waals surface area contributed by atoms with E-state index < -0.39 is 11.9 Å². The number of hydrogen-bond donors (Lipinski definition) is 2. The molecule has 0 spiro atoms. The first-order valence-corrected chi connectivity index (χ1v) is 6.20. The summed E-state index contributed by atoms with van der Waals surface area (Å²) >= 11 is 0. The van der Waals surface area contributed by atoms with E-state index in [1.165, 1.54) is 6.07 Å². The van der Waals surface area contributed by atoms with Gasteiger partial charge in [0.1, 0.15) is 0 Å². The summed E-state index contributed by atoms with van der Waals surface area (Å²) in [6.07, 6.45) is 0.536. The second-order valence-electron chi connectivity index (χ2n) is 4.77. The molecule has 1 atom stereocenters. The van der Waals surface area contributed by atoms with Gasteiger partial charge in [0.05, 0.1) is 23.8 Å². The quantitative estimate of drug-likeness (QED) is 0.833. The van der Waals surface area contributed by atoms with Crippen molar-refractivity contribution in [2.24, 2.45) is 0 Å². The minimum atomic E-state index is -1.13. The van der Waals surface area contributed by atoms with E-state index >= 15 is 0 Å². The Morgan fingerprint density at radius 3 is 2.50 bits per heavy atom. The van der Waals surface area contributed by atoms with Crippen molar-refractivity contribution in [3.63, 3.8) is 0 Å². The topological polar surface area (TPSA) is 87.1 Å². The first-order chi connectivity index (χ1) is 9.58. The maximum Gasteiger partial charge on any atom is 0.336 e. The lowest BCUT2D eigenvalue weighted by atomic mass is 9.93. The maximum atomic E-state index is 11.6. The molecule has 0 aliphatic carbocycles. The maximum absolute atomic E-state index is 11.6. The van der Waals surface area contributed by atoms with Crippen molar-refractivity contribution in [1.29, 1.82) is 0 Å². The van der Waals surface area contributed by atoms with Crippen molar-refractivity contribution < 1.29 is 24.5 Å². The number of carbonyl (C=O) groups is 2. The lowest BCUT2D eigenvalue weighted by Gasteiger charge is -2.11. The summed E-state index contributed by atoms with van der Waals surface area (Å²) in [6.45, 7) is 0.623. The Bertz CT molecular complexity index is 716. The largest absolute Gasteiger partial charge is 0.478 e. The number of epoxide rings is 1. The van der Waals surface area contributed by atoms with Gasteiger partial charge < -0.3 is 14.9 Å². The zero-order valence-electron chi connectivity index (χ0n) is 10.5. The predicted molar refractivity (Wildman–Crippen MR) is 71.3 cm³/mol. The number of fused-ring (bicyclic) bond motifs is 1. The first kappa shape index (κ1) is 12.6. The average molecular weight is 272 g/mol. The molecular formula is C15H12O5. The van der Waals surface area contributed by atoms with Gasteiger partial charge in [-0.15, -0.1) is 0 Å². The molecule has 0 amide bonds. The summed E-state index contributed by atoms with van der Waals surface area (Å²) < 4.78 is 5.13. The van der Waals surface area contributed by atoms with E-state index in [9.17, 15) is 19.8 Å². The lowest BCUT2D eigenvalue weighted by Crippen LogP contribution is -2.09. The molecule has 1 aliphatic rings. The van der Waals surface area contributed by atoms with E-state index in [1.807, 2.05) is 0 Å². The highest BCUT2D eigenvalue weighted by atomic mass is 16.6. The first-order valence-electron chi connectivity index (χ1n) is 6.20. The Labute approximate surface area is 114 Å². The van der Waals surface area contributed by atoms with Gasteiger partial charge in [-0.3, -0.25) is 0 Å². The van der Waals surface area contributed by atoms with Gasteiger partial charge in [-0.05, 0) is 17.0 Å². The highest BCUT2D eigenvalue weighted by molar-refractivity contribution is 6.13. The molecule has 1 aliphatic heterocycles. The van der Waals surface area contributed by atoms with E-state index in [0.717, 1.165) is 0 Å². The third kappa shape index (κ3) is 2.12. The van der Waals surface area contributed by atoms with Crippen LogP contribution in [-0.4, -0.2) is 34.9 Å². The van der Waals surface area contributed by atoms with E-state index in [4.69, 9.17) is 4.74 Å². The Balaban J connectivity index is 2.31. The Hall–Kier alpha value is -2.40. The Kier molecular flexibility index (Phi) is 2.91. The van der Waals surface area contributed by atoms with Gasteiger partial charge in [0.25, 0.3) is 0 Å².